The number of rotatable bonds is 5. The lowest BCUT2D eigenvalue weighted by atomic mass is 10.2. The van der Waals surface area contributed by atoms with Crippen LogP contribution >= 0.6 is 0 Å². The first-order valence-electron chi connectivity index (χ1n) is 8.13. The van der Waals surface area contributed by atoms with Crippen LogP contribution in [0.4, 0.5) is 14.6 Å². The first-order chi connectivity index (χ1) is 13.1. The van der Waals surface area contributed by atoms with Crippen molar-refractivity contribution < 1.29 is 13.6 Å². The Bertz CT molecular complexity index is 1090. The molecule has 0 spiro atoms. The molecule has 4 aromatic rings. The van der Waals surface area contributed by atoms with E-state index in [1.165, 1.54) is 12.3 Å². The van der Waals surface area contributed by atoms with Gasteiger partial charge < -0.3 is 5.32 Å². The average Bonchev–Trinajstić information content (AvgIpc) is 3.27. The predicted molar refractivity (Wildman–Crippen MR) is 94.6 cm³/mol. The fourth-order valence-corrected chi connectivity index (χ4v) is 2.69. The molecule has 136 valence electrons. The molecule has 0 aliphatic rings. The van der Waals surface area contributed by atoms with E-state index >= 15 is 0 Å². The Balaban J connectivity index is 1.70. The number of pyridine rings is 2. The summed E-state index contributed by atoms with van der Waals surface area (Å²) in [6, 6.07) is 12.2. The fraction of sp³-hybridized carbons (Fsp3) is 0.111. The van der Waals surface area contributed by atoms with Crippen LogP contribution in [0.5, 0.6) is 0 Å². The van der Waals surface area contributed by atoms with Gasteiger partial charge in [-0.25, -0.2) is 13.8 Å². The molecular formula is C18H14F2N6O. The van der Waals surface area contributed by atoms with E-state index in [0.717, 1.165) is 4.68 Å². The van der Waals surface area contributed by atoms with E-state index in [4.69, 9.17) is 0 Å². The second-order valence-electron chi connectivity index (χ2n) is 5.72. The number of alkyl halides is 2. The highest BCUT2D eigenvalue weighted by Gasteiger charge is 2.19. The van der Waals surface area contributed by atoms with Crippen LogP contribution in [0, 0.1) is 0 Å². The molecular weight excluding hydrogens is 354 g/mol. The average molecular weight is 368 g/mol. The highest BCUT2D eigenvalue weighted by atomic mass is 19.3. The zero-order valence-corrected chi connectivity index (χ0v) is 14.0. The summed E-state index contributed by atoms with van der Waals surface area (Å²) in [6.45, 7) is -0.567. The summed E-state index contributed by atoms with van der Waals surface area (Å²) >= 11 is 0. The van der Waals surface area contributed by atoms with E-state index in [9.17, 15) is 13.6 Å². The van der Waals surface area contributed by atoms with Crippen molar-refractivity contribution in [3.63, 3.8) is 0 Å². The maximum atomic E-state index is 12.6. The maximum absolute atomic E-state index is 12.6. The topological polar surface area (TPSA) is 77.1 Å². The molecule has 0 aromatic carbocycles. The Kier molecular flexibility index (Phi) is 4.33. The van der Waals surface area contributed by atoms with Gasteiger partial charge in [-0.2, -0.15) is 5.10 Å². The molecule has 4 heterocycles. The fourth-order valence-electron chi connectivity index (χ4n) is 2.69. The number of imidazole rings is 1. The number of nitrogens with one attached hydrogen (secondary N) is 1. The van der Waals surface area contributed by atoms with Crippen LogP contribution in [0.2, 0.25) is 0 Å². The molecule has 4 aromatic heterocycles. The van der Waals surface area contributed by atoms with E-state index in [-0.39, 0.29) is 5.69 Å². The molecule has 0 bridgehead atoms. The van der Waals surface area contributed by atoms with Crippen LogP contribution in [0.1, 0.15) is 10.5 Å². The SMILES string of the molecule is O=C(Nc1c(-c2ccccn2)nc2ccccn12)c1ccn(CC(F)F)n1. The summed E-state index contributed by atoms with van der Waals surface area (Å²) in [5.41, 5.74) is 1.77. The molecule has 0 fully saturated rings. The van der Waals surface area contributed by atoms with Gasteiger partial charge in [0.25, 0.3) is 12.3 Å². The first-order valence-corrected chi connectivity index (χ1v) is 8.13. The number of carbonyl (C=O) groups excluding carboxylic acids is 1. The van der Waals surface area contributed by atoms with Gasteiger partial charge in [-0.1, -0.05) is 12.1 Å². The Morgan fingerprint density at radius 3 is 2.74 bits per heavy atom. The molecule has 1 amide bonds. The van der Waals surface area contributed by atoms with Crippen molar-refractivity contribution in [2.45, 2.75) is 13.0 Å². The summed E-state index contributed by atoms with van der Waals surface area (Å²) in [5, 5.41) is 6.67. The van der Waals surface area contributed by atoms with Gasteiger partial charge in [0.15, 0.2) is 5.69 Å². The quantitative estimate of drug-likeness (QED) is 0.587. The van der Waals surface area contributed by atoms with E-state index in [2.05, 4.69) is 20.4 Å². The van der Waals surface area contributed by atoms with Crippen LogP contribution in [0.3, 0.4) is 0 Å². The number of aromatic nitrogens is 5. The van der Waals surface area contributed by atoms with Gasteiger partial charge >= 0.3 is 0 Å². The minimum Gasteiger partial charge on any atom is -0.304 e. The lowest BCUT2D eigenvalue weighted by Crippen LogP contribution is -2.16. The number of nitrogens with zero attached hydrogens (tertiary/aromatic N) is 5. The number of carbonyl (C=O) groups is 1. The third kappa shape index (κ3) is 3.39. The summed E-state index contributed by atoms with van der Waals surface area (Å²) < 4.78 is 27.7. The molecule has 1 N–H and O–H groups in total. The zero-order valence-electron chi connectivity index (χ0n) is 14.0. The Hall–Kier alpha value is -3.62. The van der Waals surface area contributed by atoms with Gasteiger partial charge in [-0.3, -0.25) is 18.9 Å². The maximum Gasteiger partial charge on any atom is 0.277 e. The number of hydrogen-bond donors (Lipinski definition) is 1. The highest BCUT2D eigenvalue weighted by molar-refractivity contribution is 6.04. The molecule has 0 atom stereocenters. The highest BCUT2D eigenvalue weighted by Crippen LogP contribution is 2.27. The minimum atomic E-state index is -2.55. The van der Waals surface area contributed by atoms with Crippen molar-refractivity contribution in [3.05, 3.63) is 66.7 Å². The monoisotopic (exact) mass is 368 g/mol. The molecule has 27 heavy (non-hydrogen) atoms. The van der Waals surface area contributed by atoms with Gasteiger partial charge in [0.1, 0.15) is 23.7 Å². The van der Waals surface area contributed by atoms with Gasteiger partial charge in [-0.05, 0) is 30.3 Å². The van der Waals surface area contributed by atoms with Crippen LogP contribution in [-0.2, 0) is 6.54 Å². The van der Waals surface area contributed by atoms with Crippen molar-refractivity contribution >= 4 is 17.4 Å². The van der Waals surface area contributed by atoms with Crippen LogP contribution in [-0.4, -0.2) is 36.5 Å². The van der Waals surface area contributed by atoms with Gasteiger partial charge in [0.2, 0.25) is 0 Å². The zero-order chi connectivity index (χ0) is 18.8. The van der Waals surface area contributed by atoms with Crippen molar-refractivity contribution in [3.8, 4) is 11.4 Å². The first kappa shape index (κ1) is 16.8. The van der Waals surface area contributed by atoms with Gasteiger partial charge in [-0.15, -0.1) is 0 Å². The molecule has 0 saturated carbocycles. The van der Waals surface area contributed by atoms with Crippen molar-refractivity contribution in [2.75, 3.05) is 5.32 Å². The Morgan fingerprint density at radius 2 is 1.96 bits per heavy atom. The number of amides is 1. The van der Waals surface area contributed by atoms with E-state index in [0.29, 0.717) is 22.9 Å². The van der Waals surface area contributed by atoms with E-state index < -0.39 is 18.9 Å². The number of fused-ring (bicyclic) bond motifs is 1. The van der Waals surface area contributed by atoms with Crippen molar-refractivity contribution in [1.29, 1.82) is 0 Å². The second-order valence-corrected chi connectivity index (χ2v) is 5.72. The molecule has 9 heteroatoms. The largest absolute Gasteiger partial charge is 0.304 e. The molecule has 0 saturated heterocycles. The Labute approximate surface area is 152 Å². The van der Waals surface area contributed by atoms with Crippen LogP contribution in [0.25, 0.3) is 17.0 Å². The molecule has 4 rings (SSSR count). The van der Waals surface area contributed by atoms with E-state index in [1.54, 1.807) is 35.0 Å². The third-order valence-electron chi connectivity index (χ3n) is 3.87. The van der Waals surface area contributed by atoms with E-state index in [1.807, 2.05) is 18.2 Å². The standard InChI is InChI=1S/C18H14F2N6O/c19-14(20)11-25-10-7-13(24-25)18(27)23-17-16(12-5-1-3-8-21-12)22-15-6-2-4-9-26(15)17/h1-10,14H,11H2,(H,23,27). The third-order valence-corrected chi connectivity index (χ3v) is 3.87. The number of halogens is 2. The predicted octanol–water partition coefficient (Wildman–Crippen LogP) is 3.11. The summed E-state index contributed by atoms with van der Waals surface area (Å²) in [7, 11) is 0. The van der Waals surface area contributed by atoms with Crippen molar-refractivity contribution in [1.82, 2.24) is 24.1 Å². The van der Waals surface area contributed by atoms with Crippen LogP contribution in [0.15, 0.2) is 61.1 Å². The summed E-state index contributed by atoms with van der Waals surface area (Å²) in [6.07, 6.45) is 2.20. The normalized spacial score (nSPS) is 11.2. The van der Waals surface area contributed by atoms with Crippen LogP contribution < -0.4 is 5.32 Å². The van der Waals surface area contributed by atoms with Gasteiger partial charge in [0, 0.05) is 18.6 Å². The number of anilines is 1. The smallest absolute Gasteiger partial charge is 0.277 e. The number of hydrogen-bond acceptors (Lipinski definition) is 4. The summed E-state index contributed by atoms with van der Waals surface area (Å²) in [5.74, 6) is -0.0939. The molecule has 0 radical (unpaired) electrons. The molecule has 0 unspecified atom stereocenters. The minimum absolute atomic E-state index is 0.0356. The molecule has 0 aliphatic carbocycles. The Morgan fingerprint density at radius 1 is 1.11 bits per heavy atom. The molecule has 7 nitrogen and oxygen atoms in total. The van der Waals surface area contributed by atoms with Gasteiger partial charge in [0.05, 0.1) is 5.69 Å². The molecule has 0 aliphatic heterocycles. The second kappa shape index (κ2) is 6.94. The lowest BCUT2D eigenvalue weighted by molar-refractivity contribution is 0.101. The lowest BCUT2D eigenvalue weighted by Gasteiger charge is -2.06. The van der Waals surface area contributed by atoms with Crippen molar-refractivity contribution in [2.24, 2.45) is 0 Å². The summed E-state index contributed by atoms with van der Waals surface area (Å²) in [4.78, 5) is 21.4.